The van der Waals surface area contributed by atoms with Crippen LogP contribution in [0.15, 0.2) is 35.5 Å². The van der Waals surface area contributed by atoms with E-state index in [0.717, 1.165) is 18.6 Å². The first-order valence-electron chi connectivity index (χ1n) is 8.82. The van der Waals surface area contributed by atoms with Crippen LogP contribution < -0.4 is 11.1 Å². The van der Waals surface area contributed by atoms with Gasteiger partial charge in [-0.3, -0.25) is 9.36 Å². The zero-order valence-corrected chi connectivity index (χ0v) is 15.3. The highest BCUT2D eigenvalue weighted by molar-refractivity contribution is 7.98. The van der Waals surface area contributed by atoms with Crippen molar-refractivity contribution in [1.29, 1.82) is 0 Å². The molecule has 2 aromatic rings. The maximum Gasteiger partial charge on any atom is 0.243 e. The quantitative estimate of drug-likeness (QED) is 0.774. The molecule has 1 saturated carbocycles. The predicted octanol–water partition coefficient (Wildman–Crippen LogP) is 3.16. The second-order valence-corrected chi connectivity index (χ2v) is 7.45. The Kier molecular flexibility index (Phi) is 5.96. The molecule has 134 valence electrons. The molecule has 3 N–H and O–H groups in total. The molecule has 25 heavy (non-hydrogen) atoms. The van der Waals surface area contributed by atoms with Crippen molar-refractivity contribution < 1.29 is 4.79 Å². The normalized spacial score (nSPS) is 16.5. The summed E-state index contributed by atoms with van der Waals surface area (Å²) in [5.41, 5.74) is 7.17. The lowest BCUT2D eigenvalue weighted by molar-refractivity contribution is -0.124. The Balaban J connectivity index is 1.66. The Morgan fingerprint density at radius 1 is 1.28 bits per heavy atom. The molecule has 1 aromatic carbocycles. The number of carbonyl (C=O) groups excluding carboxylic acids is 1. The van der Waals surface area contributed by atoms with Crippen LogP contribution in [0, 0.1) is 0 Å². The number of nitrogens with one attached hydrogen (secondary N) is 1. The van der Waals surface area contributed by atoms with E-state index in [9.17, 15) is 4.79 Å². The lowest BCUT2D eigenvalue weighted by atomic mass is 9.95. The van der Waals surface area contributed by atoms with Gasteiger partial charge in [0.15, 0.2) is 5.16 Å². The van der Waals surface area contributed by atoms with Crippen LogP contribution >= 0.6 is 11.8 Å². The highest BCUT2D eigenvalue weighted by atomic mass is 32.2. The minimum Gasteiger partial charge on any atom is -0.368 e. The molecule has 1 aliphatic rings. The lowest BCUT2D eigenvalue weighted by Gasteiger charge is -2.25. The van der Waals surface area contributed by atoms with E-state index < -0.39 is 6.04 Å². The summed E-state index contributed by atoms with van der Waals surface area (Å²) in [7, 11) is 0. The molecule has 1 atom stereocenters. The zero-order valence-electron chi connectivity index (χ0n) is 14.5. The fourth-order valence-electron chi connectivity index (χ4n) is 3.16. The molecule has 1 fully saturated rings. The molecule has 0 bridgehead atoms. The molecule has 0 aliphatic heterocycles. The predicted molar refractivity (Wildman–Crippen MR) is 100 cm³/mol. The average molecular weight is 359 g/mol. The highest BCUT2D eigenvalue weighted by Gasteiger charge is 2.24. The van der Waals surface area contributed by atoms with E-state index in [1.807, 2.05) is 25.1 Å². The molecule has 7 heteroatoms. The summed E-state index contributed by atoms with van der Waals surface area (Å²) >= 11 is 1.54. The highest BCUT2D eigenvalue weighted by Crippen LogP contribution is 2.26. The molecule has 1 aromatic heterocycles. The van der Waals surface area contributed by atoms with Gasteiger partial charge >= 0.3 is 0 Å². The van der Waals surface area contributed by atoms with Gasteiger partial charge in [-0.1, -0.05) is 61.4 Å². The minimum atomic E-state index is -0.421. The topological polar surface area (TPSA) is 85.8 Å². The fourth-order valence-corrected chi connectivity index (χ4v) is 4.14. The van der Waals surface area contributed by atoms with Gasteiger partial charge in [0, 0.05) is 11.8 Å². The Labute approximate surface area is 152 Å². The summed E-state index contributed by atoms with van der Waals surface area (Å²) in [6, 6.07) is 10.0. The summed E-state index contributed by atoms with van der Waals surface area (Å²) in [6.45, 7) is 1.85. The van der Waals surface area contributed by atoms with Crippen LogP contribution in [-0.4, -0.2) is 26.7 Å². The first kappa shape index (κ1) is 17.8. The molecule has 1 aliphatic carbocycles. The van der Waals surface area contributed by atoms with Crippen molar-refractivity contribution in [1.82, 2.24) is 20.1 Å². The van der Waals surface area contributed by atoms with E-state index in [4.69, 9.17) is 5.73 Å². The molecule has 0 spiro atoms. The van der Waals surface area contributed by atoms with Gasteiger partial charge in [-0.15, -0.1) is 10.2 Å². The number of nitrogens with two attached hydrogens (primary N) is 1. The Morgan fingerprint density at radius 3 is 2.72 bits per heavy atom. The van der Waals surface area contributed by atoms with Crippen molar-refractivity contribution in [2.45, 2.75) is 62.0 Å². The van der Waals surface area contributed by atoms with E-state index in [-0.39, 0.29) is 17.9 Å². The van der Waals surface area contributed by atoms with Crippen LogP contribution in [0.1, 0.15) is 50.6 Å². The molecule has 0 saturated heterocycles. The molecule has 6 nitrogen and oxygen atoms in total. The second kappa shape index (κ2) is 8.38. The number of amides is 1. The molecular weight excluding hydrogens is 334 g/mol. The van der Waals surface area contributed by atoms with Crippen molar-refractivity contribution in [3.05, 3.63) is 35.9 Å². The molecule has 3 rings (SSSR count). The van der Waals surface area contributed by atoms with Crippen LogP contribution in [0.2, 0.25) is 0 Å². The number of benzene rings is 1. The number of aromatic nitrogens is 3. The van der Waals surface area contributed by atoms with Crippen LogP contribution in [0.4, 0.5) is 5.95 Å². The molecule has 1 amide bonds. The maximum atomic E-state index is 12.6. The van der Waals surface area contributed by atoms with Crippen molar-refractivity contribution >= 4 is 23.6 Å². The monoisotopic (exact) mass is 359 g/mol. The van der Waals surface area contributed by atoms with Crippen molar-refractivity contribution in [3.8, 4) is 0 Å². The second-order valence-electron chi connectivity index (χ2n) is 6.50. The molecule has 1 heterocycles. The number of hydrogen-bond donors (Lipinski definition) is 2. The third-order valence-corrected chi connectivity index (χ3v) is 5.63. The van der Waals surface area contributed by atoms with Gasteiger partial charge in [0.25, 0.3) is 0 Å². The molecule has 1 unspecified atom stereocenters. The minimum absolute atomic E-state index is 0.0139. The molecule has 0 radical (unpaired) electrons. The summed E-state index contributed by atoms with van der Waals surface area (Å²) in [5.74, 6) is 1.03. The maximum absolute atomic E-state index is 12.6. The van der Waals surface area contributed by atoms with Crippen molar-refractivity contribution in [2.75, 3.05) is 5.73 Å². The van der Waals surface area contributed by atoms with Gasteiger partial charge in [0.2, 0.25) is 11.9 Å². The van der Waals surface area contributed by atoms with Crippen LogP contribution in [0.3, 0.4) is 0 Å². The number of rotatable bonds is 6. The SMILES string of the molecule is CC(C(=O)NC1CCCCC1)n1c(N)nnc1SCc1ccccc1. The Hall–Kier alpha value is -2.02. The summed E-state index contributed by atoms with van der Waals surface area (Å²) in [6.07, 6.45) is 5.76. The van der Waals surface area contributed by atoms with Gasteiger partial charge in [-0.25, -0.2) is 0 Å². The summed E-state index contributed by atoms with van der Waals surface area (Å²) in [5, 5.41) is 11.9. The smallest absolute Gasteiger partial charge is 0.243 e. The summed E-state index contributed by atoms with van der Waals surface area (Å²) in [4.78, 5) is 12.6. The van der Waals surface area contributed by atoms with E-state index in [1.54, 1.807) is 16.3 Å². The number of nitrogen functional groups attached to an aromatic ring is 1. The average Bonchev–Trinajstić information content (AvgIpc) is 3.01. The third-order valence-electron chi connectivity index (χ3n) is 4.62. The van der Waals surface area contributed by atoms with Crippen molar-refractivity contribution in [3.63, 3.8) is 0 Å². The van der Waals surface area contributed by atoms with Gasteiger partial charge in [0.1, 0.15) is 6.04 Å². The fraction of sp³-hybridized carbons (Fsp3) is 0.500. The van der Waals surface area contributed by atoms with Crippen LogP contribution in [0.25, 0.3) is 0 Å². The van der Waals surface area contributed by atoms with Crippen LogP contribution in [0.5, 0.6) is 0 Å². The Morgan fingerprint density at radius 2 is 2.00 bits per heavy atom. The van der Waals surface area contributed by atoms with Gasteiger partial charge in [-0.05, 0) is 25.3 Å². The van der Waals surface area contributed by atoms with Crippen molar-refractivity contribution in [2.24, 2.45) is 0 Å². The first-order chi connectivity index (χ1) is 12.1. The molecular formula is C18H25N5OS. The standard InChI is InChI=1S/C18H25N5OS/c1-13(16(24)20-15-10-6-3-7-11-15)23-17(19)21-22-18(23)25-12-14-8-4-2-5-9-14/h2,4-5,8-9,13,15H,3,6-7,10-12H2,1H3,(H2,19,21)(H,20,24). The number of carbonyl (C=O) groups is 1. The number of hydrogen-bond acceptors (Lipinski definition) is 5. The largest absolute Gasteiger partial charge is 0.368 e. The van der Waals surface area contributed by atoms with E-state index in [2.05, 4.69) is 27.6 Å². The first-order valence-corrected chi connectivity index (χ1v) is 9.81. The Bertz CT molecular complexity index is 697. The van der Waals surface area contributed by atoms with E-state index in [0.29, 0.717) is 5.16 Å². The number of thioether (sulfide) groups is 1. The van der Waals surface area contributed by atoms with Crippen LogP contribution in [-0.2, 0) is 10.5 Å². The lowest BCUT2D eigenvalue weighted by Crippen LogP contribution is -2.40. The van der Waals surface area contributed by atoms with E-state index >= 15 is 0 Å². The van der Waals surface area contributed by atoms with E-state index in [1.165, 1.54) is 24.8 Å². The zero-order chi connectivity index (χ0) is 17.6. The van der Waals surface area contributed by atoms with Gasteiger partial charge in [-0.2, -0.15) is 0 Å². The number of anilines is 1. The van der Waals surface area contributed by atoms with Gasteiger partial charge in [0.05, 0.1) is 0 Å². The van der Waals surface area contributed by atoms with Gasteiger partial charge < -0.3 is 11.1 Å². The summed E-state index contributed by atoms with van der Waals surface area (Å²) < 4.78 is 1.73. The third kappa shape index (κ3) is 4.54. The number of nitrogens with zero attached hydrogens (tertiary/aromatic N) is 3.